The van der Waals surface area contributed by atoms with Crippen molar-refractivity contribution in [2.45, 2.75) is 13.0 Å². The van der Waals surface area contributed by atoms with Crippen LogP contribution in [-0.4, -0.2) is 70.0 Å². The molecule has 0 saturated carbocycles. The lowest BCUT2D eigenvalue weighted by atomic mass is 10.0. The third-order valence-corrected chi connectivity index (χ3v) is 7.23. The fourth-order valence-electron chi connectivity index (χ4n) is 5.30. The maximum absolute atomic E-state index is 14.4. The summed E-state index contributed by atoms with van der Waals surface area (Å²) in [4.78, 5) is 32.2. The number of morpholine rings is 2. The number of hydrogen-bond acceptors (Lipinski definition) is 7. The van der Waals surface area contributed by atoms with Gasteiger partial charge in [-0.2, -0.15) is 0 Å². The van der Waals surface area contributed by atoms with Crippen LogP contribution in [0, 0.1) is 11.6 Å². The highest BCUT2D eigenvalue weighted by Crippen LogP contribution is 2.34. The first-order valence-corrected chi connectivity index (χ1v) is 12.5. The Labute approximate surface area is 211 Å². The van der Waals surface area contributed by atoms with E-state index in [0.29, 0.717) is 105 Å². The monoisotopic (exact) mass is 511 g/mol. The lowest BCUT2D eigenvalue weighted by Gasteiger charge is -2.28. The van der Waals surface area contributed by atoms with Crippen LogP contribution in [0.25, 0.3) is 11.0 Å². The van der Waals surface area contributed by atoms with E-state index in [9.17, 15) is 18.4 Å². The van der Waals surface area contributed by atoms with Gasteiger partial charge in [-0.05, 0) is 24.6 Å². The molecule has 3 aliphatic rings. The molecule has 194 valence electrons. The number of amides is 1. The molecule has 10 heteroatoms. The van der Waals surface area contributed by atoms with Crippen molar-refractivity contribution in [1.29, 1.82) is 0 Å². The fourth-order valence-corrected chi connectivity index (χ4v) is 5.30. The zero-order valence-electron chi connectivity index (χ0n) is 20.3. The average molecular weight is 512 g/mol. The minimum absolute atomic E-state index is 0.193. The zero-order valence-corrected chi connectivity index (χ0v) is 20.3. The number of nitrogens with zero attached hydrogens (tertiary/aromatic N) is 3. The van der Waals surface area contributed by atoms with E-state index in [2.05, 4.69) is 0 Å². The molecule has 0 spiro atoms. The number of anilines is 2. The van der Waals surface area contributed by atoms with Gasteiger partial charge in [0, 0.05) is 73.8 Å². The Morgan fingerprint density at radius 3 is 2.38 bits per heavy atom. The molecule has 3 aromatic rings. The molecule has 1 amide bonds. The molecule has 2 fully saturated rings. The summed E-state index contributed by atoms with van der Waals surface area (Å²) >= 11 is 0. The summed E-state index contributed by atoms with van der Waals surface area (Å²) in [6, 6.07) is 7.00. The Bertz CT molecular complexity index is 1410. The molecule has 0 bridgehead atoms. The van der Waals surface area contributed by atoms with Crippen LogP contribution < -0.4 is 15.2 Å². The van der Waals surface area contributed by atoms with Crippen molar-refractivity contribution < 1.29 is 27.5 Å². The van der Waals surface area contributed by atoms with Crippen LogP contribution in [0.15, 0.2) is 39.5 Å². The number of halogens is 2. The lowest BCUT2D eigenvalue weighted by molar-refractivity contribution is 0.0303. The normalized spacial score (nSPS) is 17.9. The van der Waals surface area contributed by atoms with Gasteiger partial charge in [-0.15, -0.1) is 0 Å². The van der Waals surface area contributed by atoms with Crippen LogP contribution in [0.3, 0.4) is 0 Å². The number of hydrogen-bond donors (Lipinski definition) is 0. The van der Waals surface area contributed by atoms with Gasteiger partial charge < -0.3 is 28.6 Å². The lowest BCUT2D eigenvalue weighted by Crippen LogP contribution is -2.40. The Morgan fingerprint density at radius 2 is 1.62 bits per heavy atom. The molecule has 0 aliphatic carbocycles. The molecule has 4 heterocycles. The van der Waals surface area contributed by atoms with E-state index in [0.717, 1.165) is 6.07 Å². The molecule has 0 unspecified atom stereocenters. The maximum atomic E-state index is 14.4. The summed E-state index contributed by atoms with van der Waals surface area (Å²) in [5.74, 6) is -0.972. The number of carbonyl (C=O) groups is 1. The molecule has 6 rings (SSSR count). The summed E-state index contributed by atoms with van der Waals surface area (Å²) in [6.45, 7) is 4.80. The van der Waals surface area contributed by atoms with Crippen molar-refractivity contribution >= 4 is 28.4 Å². The first-order valence-electron chi connectivity index (χ1n) is 12.5. The van der Waals surface area contributed by atoms with E-state index in [-0.39, 0.29) is 17.9 Å². The van der Waals surface area contributed by atoms with Gasteiger partial charge in [0.1, 0.15) is 17.2 Å². The second kappa shape index (κ2) is 9.75. The fraction of sp³-hybridized carbons (Fsp3) is 0.407. The highest BCUT2D eigenvalue weighted by atomic mass is 19.1. The molecular formula is C27H27F2N3O5. The van der Waals surface area contributed by atoms with Crippen LogP contribution >= 0.6 is 0 Å². The highest BCUT2D eigenvalue weighted by molar-refractivity contribution is 5.99. The number of fused-ring (bicyclic) bond motifs is 2. The molecule has 37 heavy (non-hydrogen) atoms. The predicted octanol–water partition coefficient (Wildman–Crippen LogP) is 2.94. The van der Waals surface area contributed by atoms with Crippen molar-refractivity contribution in [3.05, 3.63) is 68.9 Å². The molecule has 2 saturated heterocycles. The first-order chi connectivity index (χ1) is 18.0. The van der Waals surface area contributed by atoms with Gasteiger partial charge in [0.25, 0.3) is 5.91 Å². The SMILES string of the molecule is O=C(c1cc(CN2CCc3c(F)cc(F)cc32)c2oc(N3CCOCC3)cc(=O)c2c1)N1CCOCC1. The second-order valence-corrected chi connectivity index (χ2v) is 9.52. The van der Waals surface area contributed by atoms with Crippen LogP contribution in [0.5, 0.6) is 0 Å². The molecule has 2 aromatic carbocycles. The Hall–Kier alpha value is -3.50. The molecule has 0 radical (unpaired) electrons. The Morgan fingerprint density at radius 1 is 0.892 bits per heavy atom. The second-order valence-electron chi connectivity index (χ2n) is 9.52. The van der Waals surface area contributed by atoms with Gasteiger partial charge in [0.15, 0.2) is 11.3 Å². The molecule has 0 atom stereocenters. The van der Waals surface area contributed by atoms with Crippen LogP contribution in [0.4, 0.5) is 20.4 Å². The molecular weight excluding hydrogens is 484 g/mol. The molecule has 1 aromatic heterocycles. The van der Waals surface area contributed by atoms with Crippen molar-refractivity contribution in [2.24, 2.45) is 0 Å². The summed E-state index contributed by atoms with van der Waals surface area (Å²) in [6.07, 6.45) is 0.439. The highest BCUT2D eigenvalue weighted by Gasteiger charge is 2.27. The number of ether oxygens (including phenoxy) is 2. The smallest absolute Gasteiger partial charge is 0.254 e. The van der Waals surface area contributed by atoms with Gasteiger partial charge in [0.05, 0.1) is 31.8 Å². The average Bonchev–Trinajstić information content (AvgIpc) is 3.32. The minimum atomic E-state index is -0.648. The van der Waals surface area contributed by atoms with E-state index >= 15 is 0 Å². The zero-order chi connectivity index (χ0) is 25.5. The number of carbonyl (C=O) groups excluding carboxylic acids is 1. The van der Waals surface area contributed by atoms with Gasteiger partial charge in [-0.1, -0.05) is 0 Å². The van der Waals surface area contributed by atoms with Crippen LogP contribution in [0.2, 0.25) is 0 Å². The van der Waals surface area contributed by atoms with E-state index in [4.69, 9.17) is 13.9 Å². The topological polar surface area (TPSA) is 75.5 Å². The summed E-state index contributed by atoms with van der Waals surface area (Å²) in [5, 5.41) is 0.302. The third-order valence-electron chi connectivity index (χ3n) is 7.23. The Kier molecular flexibility index (Phi) is 6.29. The molecule has 3 aliphatic heterocycles. The van der Waals surface area contributed by atoms with E-state index < -0.39 is 11.6 Å². The molecule has 8 nitrogen and oxygen atoms in total. The van der Waals surface area contributed by atoms with Crippen molar-refractivity contribution in [3.63, 3.8) is 0 Å². The quantitative estimate of drug-likeness (QED) is 0.533. The van der Waals surface area contributed by atoms with Crippen molar-refractivity contribution in [2.75, 3.05) is 69.0 Å². The van der Waals surface area contributed by atoms with Gasteiger partial charge in [-0.3, -0.25) is 9.59 Å². The number of rotatable bonds is 4. The van der Waals surface area contributed by atoms with Gasteiger partial charge in [0.2, 0.25) is 0 Å². The van der Waals surface area contributed by atoms with Gasteiger partial charge in [-0.25, -0.2) is 8.78 Å². The van der Waals surface area contributed by atoms with Crippen molar-refractivity contribution in [1.82, 2.24) is 4.90 Å². The van der Waals surface area contributed by atoms with E-state index in [1.54, 1.807) is 17.0 Å². The van der Waals surface area contributed by atoms with E-state index in [1.807, 2.05) is 9.80 Å². The summed E-state index contributed by atoms with van der Waals surface area (Å²) < 4.78 is 45.6. The third kappa shape index (κ3) is 4.55. The standard InChI is InChI=1S/C27H27F2N3O5/c28-19-13-22(29)20-1-2-32(23(20)14-19)16-18-11-17(27(34)31-5-9-36-10-6-31)12-21-24(33)15-25(37-26(18)21)30-3-7-35-8-4-30/h11-15H,1-10,16H2. The largest absolute Gasteiger partial charge is 0.440 e. The summed E-state index contributed by atoms with van der Waals surface area (Å²) in [7, 11) is 0. The van der Waals surface area contributed by atoms with Crippen LogP contribution in [-0.2, 0) is 22.4 Å². The predicted molar refractivity (Wildman–Crippen MR) is 133 cm³/mol. The van der Waals surface area contributed by atoms with Crippen molar-refractivity contribution in [3.8, 4) is 0 Å². The van der Waals surface area contributed by atoms with Crippen LogP contribution in [0.1, 0.15) is 21.5 Å². The van der Waals surface area contributed by atoms with Gasteiger partial charge >= 0.3 is 0 Å². The minimum Gasteiger partial charge on any atom is -0.440 e. The maximum Gasteiger partial charge on any atom is 0.254 e. The summed E-state index contributed by atoms with van der Waals surface area (Å²) in [5.41, 5.74) is 2.04. The first kappa shape index (κ1) is 23.9. The van der Waals surface area contributed by atoms with E-state index in [1.165, 1.54) is 12.1 Å². The Balaban J connectivity index is 1.45. The molecule has 0 N–H and O–H groups in total. The number of benzene rings is 2.